The number of furan rings is 1. The highest BCUT2D eigenvalue weighted by Gasteiger charge is 2.16. The average molecular weight is 376 g/mol. The van der Waals surface area contributed by atoms with Crippen molar-refractivity contribution in [1.29, 1.82) is 0 Å². The van der Waals surface area contributed by atoms with Gasteiger partial charge in [-0.25, -0.2) is 4.79 Å². The smallest absolute Gasteiger partial charge is 0.335 e. The Morgan fingerprint density at radius 1 is 0.857 bits per heavy atom. The molecule has 7 heteroatoms. The number of nitrogens with one attached hydrogen (secondary N) is 2. The number of carboxylic acids is 1. The number of hydrogen-bond acceptors (Lipinski definition) is 4. The van der Waals surface area contributed by atoms with E-state index in [4.69, 9.17) is 9.52 Å². The summed E-state index contributed by atoms with van der Waals surface area (Å²) in [6.07, 6.45) is 2.85. The molecule has 0 atom stereocenters. The quantitative estimate of drug-likeness (QED) is 0.572. The van der Waals surface area contributed by atoms with E-state index in [9.17, 15) is 14.4 Å². The van der Waals surface area contributed by atoms with Gasteiger partial charge in [-0.15, -0.1) is 0 Å². The second-order valence-corrected chi connectivity index (χ2v) is 5.73. The molecule has 0 saturated heterocycles. The zero-order valence-corrected chi connectivity index (χ0v) is 14.6. The molecule has 3 aromatic rings. The summed E-state index contributed by atoms with van der Waals surface area (Å²) in [4.78, 5) is 36.0. The van der Waals surface area contributed by atoms with E-state index in [0.29, 0.717) is 17.0 Å². The summed E-state index contributed by atoms with van der Waals surface area (Å²) < 4.78 is 5.22. The zero-order chi connectivity index (χ0) is 19.9. The van der Waals surface area contributed by atoms with Crippen LogP contribution in [-0.2, 0) is 4.79 Å². The number of carbonyl (C=O) groups excluding carboxylic acids is 2. The second kappa shape index (κ2) is 8.50. The highest BCUT2D eigenvalue weighted by Crippen LogP contribution is 2.13. The second-order valence-electron chi connectivity index (χ2n) is 5.73. The van der Waals surface area contributed by atoms with Crippen molar-refractivity contribution in [2.24, 2.45) is 0 Å². The molecule has 2 aromatic carbocycles. The van der Waals surface area contributed by atoms with Crippen LogP contribution >= 0.6 is 0 Å². The maximum Gasteiger partial charge on any atom is 0.335 e. The van der Waals surface area contributed by atoms with Gasteiger partial charge >= 0.3 is 5.97 Å². The number of anilines is 1. The van der Waals surface area contributed by atoms with Crippen LogP contribution in [0.2, 0.25) is 0 Å². The van der Waals surface area contributed by atoms with Gasteiger partial charge in [0.25, 0.3) is 11.8 Å². The Labute approximate surface area is 160 Å². The Balaban J connectivity index is 1.81. The third kappa shape index (κ3) is 4.73. The molecule has 1 heterocycles. The van der Waals surface area contributed by atoms with Gasteiger partial charge in [-0.2, -0.15) is 0 Å². The molecule has 0 aliphatic carbocycles. The first-order chi connectivity index (χ1) is 13.5. The summed E-state index contributed by atoms with van der Waals surface area (Å²) in [5.41, 5.74) is 0.855. The Morgan fingerprint density at radius 2 is 1.57 bits per heavy atom. The first kappa shape index (κ1) is 18.7. The minimum Gasteiger partial charge on any atom is -0.478 e. The molecule has 0 radical (unpaired) electrons. The van der Waals surface area contributed by atoms with Crippen molar-refractivity contribution in [2.45, 2.75) is 0 Å². The van der Waals surface area contributed by atoms with Gasteiger partial charge in [-0.1, -0.05) is 18.2 Å². The lowest BCUT2D eigenvalue weighted by Crippen LogP contribution is -2.30. The zero-order valence-electron chi connectivity index (χ0n) is 14.6. The van der Waals surface area contributed by atoms with E-state index in [1.54, 1.807) is 42.5 Å². The summed E-state index contributed by atoms with van der Waals surface area (Å²) in [5, 5.41) is 14.1. The highest BCUT2D eigenvalue weighted by molar-refractivity contribution is 6.10. The van der Waals surface area contributed by atoms with Crippen molar-refractivity contribution >= 4 is 29.5 Å². The SMILES string of the molecule is O=C(Nc1ccc(C(=O)O)cc1)/C(=C/c1ccco1)NC(=O)c1ccccc1. The number of benzene rings is 2. The summed E-state index contributed by atoms with van der Waals surface area (Å²) in [6, 6.07) is 17.4. The number of carboxylic acid groups (broad SMARTS) is 1. The van der Waals surface area contributed by atoms with Gasteiger partial charge in [0.05, 0.1) is 11.8 Å². The van der Waals surface area contributed by atoms with E-state index in [0.717, 1.165) is 0 Å². The Bertz CT molecular complexity index is 1010. The van der Waals surface area contributed by atoms with E-state index in [1.165, 1.54) is 36.6 Å². The lowest BCUT2D eigenvalue weighted by Gasteiger charge is -2.11. The van der Waals surface area contributed by atoms with Crippen LogP contribution in [0.25, 0.3) is 6.08 Å². The van der Waals surface area contributed by atoms with E-state index in [-0.39, 0.29) is 11.3 Å². The van der Waals surface area contributed by atoms with Gasteiger partial charge in [0.2, 0.25) is 0 Å². The number of amides is 2. The van der Waals surface area contributed by atoms with Crippen LogP contribution in [-0.4, -0.2) is 22.9 Å². The van der Waals surface area contributed by atoms with E-state index in [1.807, 2.05) is 0 Å². The summed E-state index contributed by atoms with van der Waals surface area (Å²) in [7, 11) is 0. The number of hydrogen-bond donors (Lipinski definition) is 3. The molecule has 0 aliphatic rings. The van der Waals surface area contributed by atoms with Gasteiger partial charge in [-0.05, 0) is 48.5 Å². The number of carbonyl (C=O) groups is 3. The van der Waals surface area contributed by atoms with Crippen LogP contribution in [0, 0.1) is 0 Å². The molecular weight excluding hydrogens is 360 g/mol. The van der Waals surface area contributed by atoms with Crippen LogP contribution in [0.15, 0.2) is 83.1 Å². The summed E-state index contributed by atoms with van der Waals surface area (Å²) in [5.74, 6) is -1.70. The molecule has 0 aliphatic heterocycles. The van der Waals surface area contributed by atoms with Crippen LogP contribution in [0.5, 0.6) is 0 Å². The molecule has 7 nitrogen and oxygen atoms in total. The van der Waals surface area contributed by atoms with Crippen molar-refractivity contribution in [2.75, 3.05) is 5.32 Å². The van der Waals surface area contributed by atoms with Crippen molar-refractivity contribution in [3.05, 3.63) is 95.6 Å². The van der Waals surface area contributed by atoms with Gasteiger partial charge in [0, 0.05) is 17.3 Å². The molecule has 28 heavy (non-hydrogen) atoms. The fourth-order valence-electron chi connectivity index (χ4n) is 2.35. The standard InChI is InChI=1S/C21H16N2O5/c24-19(14-5-2-1-3-6-14)23-18(13-17-7-4-12-28-17)20(25)22-16-10-8-15(9-11-16)21(26)27/h1-13H,(H,22,25)(H,23,24)(H,26,27)/b18-13-. The number of aromatic carboxylic acids is 1. The lowest BCUT2D eigenvalue weighted by molar-refractivity contribution is -0.113. The molecule has 0 unspecified atom stereocenters. The monoisotopic (exact) mass is 376 g/mol. The third-order valence-corrected chi connectivity index (χ3v) is 3.75. The molecule has 2 amide bonds. The van der Waals surface area contributed by atoms with Crippen molar-refractivity contribution < 1.29 is 23.9 Å². The Hall–Kier alpha value is -4.13. The molecule has 0 spiro atoms. The Morgan fingerprint density at radius 3 is 2.18 bits per heavy atom. The minimum atomic E-state index is -1.06. The summed E-state index contributed by atoms with van der Waals surface area (Å²) >= 11 is 0. The molecule has 1 aromatic heterocycles. The van der Waals surface area contributed by atoms with Gasteiger partial charge in [0.15, 0.2) is 0 Å². The number of rotatable bonds is 6. The molecular formula is C21H16N2O5. The largest absolute Gasteiger partial charge is 0.478 e. The van der Waals surface area contributed by atoms with E-state index in [2.05, 4.69) is 10.6 Å². The maximum absolute atomic E-state index is 12.7. The van der Waals surface area contributed by atoms with Crippen LogP contribution in [0.3, 0.4) is 0 Å². The first-order valence-corrected chi connectivity index (χ1v) is 8.29. The fourth-order valence-corrected chi connectivity index (χ4v) is 2.35. The third-order valence-electron chi connectivity index (χ3n) is 3.75. The van der Waals surface area contributed by atoms with Crippen molar-refractivity contribution in [1.82, 2.24) is 5.32 Å². The van der Waals surface area contributed by atoms with Gasteiger partial charge in [0.1, 0.15) is 11.5 Å². The molecule has 3 rings (SSSR count). The lowest BCUT2D eigenvalue weighted by atomic mass is 10.2. The minimum absolute atomic E-state index is 0.0221. The predicted octanol–water partition coefficient (Wildman–Crippen LogP) is 3.39. The molecule has 140 valence electrons. The van der Waals surface area contributed by atoms with Crippen LogP contribution in [0.1, 0.15) is 26.5 Å². The predicted molar refractivity (Wildman–Crippen MR) is 103 cm³/mol. The molecule has 0 saturated carbocycles. The average Bonchev–Trinajstić information content (AvgIpc) is 3.21. The van der Waals surface area contributed by atoms with E-state index < -0.39 is 17.8 Å². The molecule has 0 bridgehead atoms. The van der Waals surface area contributed by atoms with E-state index >= 15 is 0 Å². The highest BCUT2D eigenvalue weighted by atomic mass is 16.4. The molecule has 0 fully saturated rings. The van der Waals surface area contributed by atoms with Gasteiger partial charge < -0.3 is 20.2 Å². The van der Waals surface area contributed by atoms with Crippen molar-refractivity contribution in [3.8, 4) is 0 Å². The topological polar surface area (TPSA) is 109 Å². The summed E-state index contributed by atoms with van der Waals surface area (Å²) in [6.45, 7) is 0. The fraction of sp³-hybridized carbons (Fsp3) is 0. The van der Waals surface area contributed by atoms with Crippen molar-refractivity contribution in [3.63, 3.8) is 0 Å². The van der Waals surface area contributed by atoms with Crippen LogP contribution < -0.4 is 10.6 Å². The molecule has 3 N–H and O–H groups in total. The first-order valence-electron chi connectivity index (χ1n) is 8.29. The maximum atomic E-state index is 12.7. The van der Waals surface area contributed by atoms with Gasteiger partial charge in [-0.3, -0.25) is 9.59 Å². The normalized spacial score (nSPS) is 10.9. The van der Waals surface area contributed by atoms with Crippen LogP contribution in [0.4, 0.5) is 5.69 Å². The Kier molecular flexibility index (Phi) is 5.66.